The lowest BCUT2D eigenvalue weighted by molar-refractivity contribution is 0.0682. The topological polar surface area (TPSA) is 141 Å². The SMILES string of the molecule is Nc1ccc(O)c(C(=O)O)c1.O=C(O)c1ccccc1O. The Bertz CT molecular complexity index is 668. The summed E-state index contributed by atoms with van der Waals surface area (Å²) in [6, 6.07) is 9.70. The van der Waals surface area contributed by atoms with Gasteiger partial charge >= 0.3 is 11.9 Å². The van der Waals surface area contributed by atoms with Crippen LogP contribution >= 0.6 is 0 Å². The third-order valence-corrected chi connectivity index (χ3v) is 2.39. The van der Waals surface area contributed by atoms with Crippen LogP contribution in [-0.2, 0) is 0 Å². The van der Waals surface area contributed by atoms with Crippen LogP contribution in [0.15, 0.2) is 42.5 Å². The first-order chi connectivity index (χ1) is 9.82. The highest BCUT2D eigenvalue weighted by Gasteiger charge is 2.08. The van der Waals surface area contributed by atoms with Crippen LogP contribution in [0.3, 0.4) is 0 Å². The van der Waals surface area contributed by atoms with Crippen LogP contribution in [0.5, 0.6) is 11.5 Å². The number of carboxylic acid groups (broad SMARTS) is 2. The second-order valence-corrected chi connectivity index (χ2v) is 3.90. The highest BCUT2D eigenvalue weighted by atomic mass is 16.4. The zero-order valence-corrected chi connectivity index (χ0v) is 10.7. The van der Waals surface area contributed by atoms with Crippen molar-refractivity contribution in [2.45, 2.75) is 0 Å². The summed E-state index contributed by atoms with van der Waals surface area (Å²) in [5.41, 5.74) is 5.37. The Morgan fingerprint density at radius 2 is 1.33 bits per heavy atom. The fraction of sp³-hybridized carbons (Fsp3) is 0. The summed E-state index contributed by atoms with van der Waals surface area (Å²) >= 11 is 0. The van der Waals surface area contributed by atoms with Gasteiger partial charge in [-0.2, -0.15) is 0 Å². The molecular formula is C14H13NO6. The lowest BCUT2D eigenvalue weighted by Crippen LogP contribution is -1.97. The first-order valence-electron chi connectivity index (χ1n) is 5.66. The highest BCUT2D eigenvalue weighted by Crippen LogP contribution is 2.19. The smallest absolute Gasteiger partial charge is 0.339 e. The van der Waals surface area contributed by atoms with E-state index in [1.54, 1.807) is 12.1 Å². The number of benzene rings is 2. The lowest BCUT2D eigenvalue weighted by Gasteiger charge is -1.98. The fourth-order valence-electron chi connectivity index (χ4n) is 1.38. The van der Waals surface area contributed by atoms with Gasteiger partial charge in [-0.1, -0.05) is 12.1 Å². The van der Waals surface area contributed by atoms with E-state index in [9.17, 15) is 9.59 Å². The van der Waals surface area contributed by atoms with Gasteiger partial charge in [0.2, 0.25) is 0 Å². The number of hydrogen-bond acceptors (Lipinski definition) is 5. The Morgan fingerprint density at radius 1 is 0.810 bits per heavy atom. The largest absolute Gasteiger partial charge is 0.507 e. The minimum atomic E-state index is -1.19. The van der Waals surface area contributed by atoms with Crippen molar-refractivity contribution in [2.75, 3.05) is 5.73 Å². The van der Waals surface area contributed by atoms with E-state index in [1.165, 1.54) is 30.3 Å². The number of para-hydroxylation sites is 1. The summed E-state index contributed by atoms with van der Waals surface area (Å²) in [4.78, 5) is 20.6. The molecule has 0 aliphatic heterocycles. The maximum absolute atomic E-state index is 10.4. The number of nitrogen functional groups attached to an aromatic ring is 1. The van der Waals surface area contributed by atoms with Crippen molar-refractivity contribution >= 4 is 17.6 Å². The van der Waals surface area contributed by atoms with Crippen LogP contribution in [0.2, 0.25) is 0 Å². The first-order valence-corrected chi connectivity index (χ1v) is 5.66. The number of carbonyl (C=O) groups is 2. The van der Waals surface area contributed by atoms with Gasteiger partial charge in [0, 0.05) is 5.69 Å². The normalized spacial score (nSPS) is 9.33. The molecule has 0 aromatic heterocycles. The molecule has 110 valence electrons. The van der Waals surface area contributed by atoms with Crippen LogP contribution in [0.25, 0.3) is 0 Å². The average molecular weight is 291 g/mol. The number of aromatic hydroxyl groups is 2. The summed E-state index contributed by atoms with van der Waals surface area (Å²) in [5.74, 6) is -2.77. The summed E-state index contributed by atoms with van der Waals surface area (Å²) in [6.07, 6.45) is 0. The molecule has 21 heavy (non-hydrogen) atoms. The Hall–Kier alpha value is -3.22. The fourth-order valence-corrected chi connectivity index (χ4v) is 1.38. The lowest BCUT2D eigenvalue weighted by atomic mass is 10.2. The summed E-state index contributed by atoms with van der Waals surface area (Å²) in [5, 5.41) is 34.7. The number of aromatic carboxylic acids is 2. The highest BCUT2D eigenvalue weighted by molar-refractivity contribution is 5.91. The number of nitrogens with two attached hydrogens (primary N) is 1. The number of phenols is 2. The molecule has 0 aliphatic carbocycles. The molecule has 0 bridgehead atoms. The Morgan fingerprint density at radius 3 is 1.76 bits per heavy atom. The molecule has 0 amide bonds. The van der Waals surface area contributed by atoms with Gasteiger partial charge in [-0.15, -0.1) is 0 Å². The molecule has 6 N–H and O–H groups in total. The summed E-state index contributed by atoms with van der Waals surface area (Å²) < 4.78 is 0. The van der Waals surface area contributed by atoms with E-state index in [0.717, 1.165) is 0 Å². The molecule has 0 atom stereocenters. The number of hydrogen-bond donors (Lipinski definition) is 5. The molecule has 0 fully saturated rings. The molecule has 0 spiro atoms. The summed E-state index contributed by atoms with van der Waals surface area (Å²) in [6.45, 7) is 0. The van der Waals surface area contributed by atoms with Gasteiger partial charge in [0.05, 0.1) is 0 Å². The van der Waals surface area contributed by atoms with Crippen LogP contribution in [0, 0.1) is 0 Å². The van der Waals surface area contributed by atoms with Gasteiger partial charge in [0.15, 0.2) is 0 Å². The van der Waals surface area contributed by atoms with Crippen molar-refractivity contribution in [3.8, 4) is 11.5 Å². The van der Waals surface area contributed by atoms with Crippen molar-refractivity contribution in [2.24, 2.45) is 0 Å². The van der Waals surface area contributed by atoms with E-state index in [4.69, 9.17) is 26.2 Å². The predicted octanol–water partition coefficient (Wildman–Crippen LogP) is 1.76. The Kier molecular flexibility index (Phi) is 5.13. The van der Waals surface area contributed by atoms with Crippen molar-refractivity contribution in [3.05, 3.63) is 53.6 Å². The first kappa shape index (κ1) is 15.8. The summed E-state index contributed by atoms with van der Waals surface area (Å²) in [7, 11) is 0. The van der Waals surface area contributed by atoms with Crippen LogP contribution in [0.4, 0.5) is 5.69 Å². The zero-order valence-electron chi connectivity index (χ0n) is 10.7. The van der Waals surface area contributed by atoms with Crippen molar-refractivity contribution in [1.29, 1.82) is 0 Å². The molecule has 2 rings (SSSR count). The van der Waals surface area contributed by atoms with Gasteiger partial charge in [-0.05, 0) is 30.3 Å². The van der Waals surface area contributed by atoms with Gasteiger partial charge in [0.1, 0.15) is 22.6 Å². The molecule has 2 aromatic carbocycles. The molecule has 2 aromatic rings. The van der Waals surface area contributed by atoms with Gasteiger partial charge in [0.25, 0.3) is 0 Å². The van der Waals surface area contributed by atoms with E-state index in [1.807, 2.05) is 0 Å². The Labute approximate surface area is 119 Å². The van der Waals surface area contributed by atoms with E-state index < -0.39 is 11.9 Å². The predicted molar refractivity (Wildman–Crippen MR) is 74.5 cm³/mol. The maximum Gasteiger partial charge on any atom is 0.339 e. The number of rotatable bonds is 2. The minimum absolute atomic E-state index is 0.0671. The van der Waals surface area contributed by atoms with E-state index in [2.05, 4.69) is 0 Å². The van der Waals surface area contributed by atoms with E-state index >= 15 is 0 Å². The molecule has 0 radical (unpaired) electrons. The van der Waals surface area contributed by atoms with Crippen molar-refractivity contribution < 1.29 is 30.0 Å². The quantitative estimate of drug-likeness (QED) is 0.419. The van der Waals surface area contributed by atoms with Crippen molar-refractivity contribution in [1.82, 2.24) is 0 Å². The molecule has 0 saturated heterocycles. The molecule has 7 nitrogen and oxygen atoms in total. The molecule has 0 heterocycles. The third-order valence-electron chi connectivity index (χ3n) is 2.39. The van der Waals surface area contributed by atoms with Gasteiger partial charge < -0.3 is 26.2 Å². The van der Waals surface area contributed by atoms with Crippen LogP contribution in [-0.4, -0.2) is 32.4 Å². The molecule has 0 saturated carbocycles. The third kappa shape index (κ3) is 4.43. The average Bonchev–Trinajstić information content (AvgIpc) is 2.42. The zero-order chi connectivity index (χ0) is 16.0. The molecule has 7 heteroatoms. The van der Waals surface area contributed by atoms with Gasteiger partial charge in [-0.25, -0.2) is 9.59 Å². The molecule has 0 aliphatic rings. The Balaban J connectivity index is 0.000000211. The second kappa shape index (κ2) is 6.80. The van der Waals surface area contributed by atoms with Gasteiger partial charge in [-0.3, -0.25) is 0 Å². The van der Waals surface area contributed by atoms with E-state index in [-0.39, 0.29) is 22.6 Å². The van der Waals surface area contributed by atoms with Crippen LogP contribution in [0.1, 0.15) is 20.7 Å². The second-order valence-electron chi connectivity index (χ2n) is 3.90. The van der Waals surface area contributed by atoms with E-state index in [0.29, 0.717) is 5.69 Å². The molecular weight excluding hydrogens is 278 g/mol. The number of carboxylic acids is 2. The monoisotopic (exact) mass is 291 g/mol. The van der Waals surface area contributed by atoms with Crippen LogP contribution < -0.4 is 5.73 Å². The maximum atomic E-state index is 10.4. The molecule has 0 unspecified atom stereocenters. The number of anilines is 1. The minimum Gasteiger partial charge on any atom is -0.507 e. The van der Waals surface area contributed by atoms with Crippen molar-refractivity contribution in [3.63, 3.8) is 0 Å². The standard InChI is InChI=1S/C7H7NO3.C7H6O3/c8-4-1-2-6(9)5(3-4)7(10)11;8-6-4-2-1-3-5(6)7(9)10/h1-3,9H,8H2,(H,10,11);1-4,8H,(H,9,10).